The fourth-order valence-electron chi connectivity index (χ4n) is 5.89. The fourth-order valence-corrected chi connectivity index (χ4v) is 5.89. The van der Waals surface area contributed by atoms with Crippen molar-refractivity contribution in [3.05, 3.63) is 119 Å². The smallest absolute Gasteiger partial charge is 0.341 e. The molecule has 0 saturated carbocycles. The number of nitrogens with zero attached hydrogens (tertiary/aromatic N) is 3. The Bertz CT molecular complexity index is 1790. The Morgan fingerprint density at radius 3 is 2.20 bits per heavy atom. The van der Waals surface area contributed by atoms with Crippen LogP contribution in [0.3, 0.4) is 0 Å². The predicted octanol–water partition coefficient (Wildman–Crippen LogP) is 7.74. The van der Waals surface area contributed by atoms with E-state index in [2.05, 4.69) is 77.1 Å². The van der Waals surface area contributed by atoms with E-state index in [-0.39, 0.29) is 6.79 Å². The molecule has 0 spiro atoms. The van der Waals surface area contributed by atoms with Crippen molar-refractivity contribution in [2.45, 2.75) is 45.9 Å². The summed E-state index contributed by atoms with van der Waals surface area (Å²) in [7, 11) is 2.94. The molecule has 6 rings (SSSR count). The van der Waals surface area contributed by atoms with Crippen LogP contribution in [-0.2, 0) is 30.9 Å². The van der Waals surface area contributed by atoms with Gasteiger partial charge in [0.05, 0.1) is 25.6 Å². The van der Waals surface area contributed by atoms with Crippen molar-refractivity contribution >= 4 is 5.97 Å². The molecule has 0 aliphatic carbocycles. The number of esters is 1. The number of rotatable bonds is 13. The fraction of sp³-hybridized carbons (Fsp3) is 0.263. The first kappa shape index (κ1) is 30.9. The molecule has 0 bridgehead atoms. The average molecular weight is 618 g/mol. The maximum Gasteiger partial charge on any atom is 0.341 e. The standard InChI is InChI=1S/C38H39N3O5/c1-4-5-20-41-32(36(29-12-8-6-9-13-29)39-37(41)30-14-10-7-11-15-30)25-40(24-28-17-19-33-35(22-28)46-26-45-33)23-27-16-18-31(38(42)44-3)34(21-27)43-2/h6-19,21-22H,4-5,20,23-26H2,1-3H3. The highest BCUT2D eigenvalue weighted by Crippen LogP contribution is 2.35. The lowest BCUT2D eigenvalue weighted by atomic mass is 10.1. The molecule has 0 radical (unpaired) electrons. The minimum absolute atomic E-state index is 0.230. The molecule has 0 N–H and O–H groups in total. The quantitative estimate of drug-likeness (QED) is 0.125. The zero-order valence-electron chi connectivity index (χ0n) is 26.6. The highest BCUT2D eigenvalue weighted by atomic mass is 16.7. The summed E-state index contributed by atoms with van der Waals surface area (Å²) >= 11 is 0. The van der Waals surface area contributed by atoms with Gasteiger partial charge in [-0.25, -0.2) is 9.78 Å². The van der Waals surface area contributed by atoms with Crippen LogP contribution in [0.4, 0.5) is 0 Å². The van der Waals surface area contributed by atoms with Gasteiger partial charge in [-0.05, 0) is 41.8 Å². The van der Waals surface area contributed by atoms with E-state index in [0.717, 1.165) is 70.4 Å². The Morgan fingerprint density at radius 1 is 0.826 bits per heavy atom. The lowest BCUT2D eigenvalue weighted by Crippen LogP contribution is -2.25. The SMILES string of the molecule is CCCCn1c(-c2ccccc2)nc(-c2ccccc2)c1CN(Cc1ccc2c(c1)OCO2)Cc1ccc(C(=O)OC)c(OC)c1. The van der Waals surface area contributed by atoms with Crippen LogP contribution in [0.15, 0.2) is 97.1 Å². The van der Waals surface area contributed by atoms with Crippen LogP contribution < -0.4 is 14.2 Å². The Labute approximate surface area is 270 Å². The Hall–Kier alpha value is -5.08. The summed E-state index contributed by atoms with van der Waals surface area (Å²) in [5, 5.41) is 0. The van der Waals surface area contributed by atoms with Gasteiger partial charge in [0.2, 0.25) is 6.79 Å². The molecule has 0 amide bonds. The Morgan fingerprint density at radius 2 is 1.50 bits per heavy atom. The number of unbranched alkanes of at least 4 members (excludes halogenated alkanes) is 1. The molecule has 46 heavy (non-hydrogen) atoms. The number of aromatic nitrogens is 2. The van der Waals surface area contributed by atoms with Gasteiger partial charge in [-0.1, -0.05) is 86.1 Å². The van der Waals surface area contributed by atoms with Crippen molar-refractivity contribution in [2.75, 3.05) is 21.0 Å². The number of imidazole rings is 1. The zero-order valence-corrected chi connectivity index (χ0v) is 26.6. The highest BCUT2D eigenvalue weighted by molar-refractivity contribution is 5.92. The highest BCUT2D eigenvalue weighted by Gasteiger charge is 2.23. The molecule has 1 aliphatic rings. The number of benzene rings is 4. The third kappa shape index (κ3) is 6.77. The number of hydrogen-bond donors (Lipinski definition) is 0. The molecule has 8 heteroatoms. The summed E-state index contributed by atoms with van der Waals surface area (Å²) in [5.74, 6) is 2.54. The van der Waals surface area contributed by atoms with Gasteiger partial charge in [0.25, 0.3) is 0 Å². The number of carbonyl (C=O) groups is 1. The molecule has 1 aromatic heterocycles. The van der Waals surface area contributed by atoms with Gasteiger partial charge in [0.1, 0.15) is 17.1 Å². The number of fused-ring (bicyclic) bond motifs is 1. The van der Waals surface area contributed by atoms with Crippen molar-refractivity contribution in [3.8, 4) is 39.9 Å². The Kier molecular flexibility index (Phi) is 9.65. The van der Waals surface area contributed by atoms with Gasteiger partial charge >= 0.3 is 5.97 Å². The van der Waals surface area contributed by atoms with Crippen LogP contribution >= 0.6 is 0 Å². The van der Waals surface area contributed by atoms with E-state index < -0.39 is 5.97 Å². The van der Waals surface area contributed by atoms with E-state index >= 15 is 0 Å². The molecule has 2 heterocycles. The largest absolute Gasteiger partial charge is 0.496 e. The lowest BCUT2D eigenvalue weighted by Gasteiger charge is -2.25. The van der Waals surface area contributed by atoms with Gasteiger partial charge in [-0.15, -0.1) is 0 Å². The van der Waals surface area contributed by atoms with E-state index in [9.17, 15) is 4.79 Å². The number of carbonyl (C=O) groups excluding carboxylic acids is 1. The van der Waals surface area contributed by atoms with Gasteiger partial charge in [-0.2, -0.15) is 0 Å². The van der Waals surface area contributed by atoms with Crippen molar-refractivity contribution in [2.24, 2.45) is 0 Å². The van der Waals surface area contributed by atoms with Gasteiger partial charge in [0, 0.05) is 37.3 Å². The second-order valence-corrected chi connectivity index (χ2v) is 11.3. The van der Waals surface area contributed by atoms with Gasteiger partial charge in [0.15, 0.2) is 11.5 Å². The summed E-state index contributed by atoms with van der Waals surface area (Å²) in [6.45, 7) is 5.17. The minimum atomic E-state index is -0.429. The van der Waals surface area contributed by atoms with Crippen molar-refractivity contribution in [1.29, 1.82) is 0 Å². The maximum atomic E-state index is 12.4. The number of ether oxygens (including phenoxy) is 4. The van der Waals surface area contributed by atoms with Crippen LogP contribution in [0.2, 0.25) is 0 Å². The minimum Gasteiger partial charge on any atom is -0.496 e. The molecule has 0 unspecified atom stereocenters. The van der Waals surface area contributed by atoms with Crippen LogP contribution in [0.5, 0.6) is 17.2 Å². The summed E-state index contributed by atoms with van der Waals surface area (Å²) in [6.07, 6.45) is 2.10. The first-order chi connectivity index (χ1) is 22.6. The second kappa shape index (κ2) is 14.3. The summed E-state index contributed by atoms with van der Waals surface area (Å²) < 4.78 is 24.3. The molecule has 236 valence electrons. The summed E-state index contributed by atoms with van der Waals surface area (Å²) in [6, 6.07) is 32.6. The molecule has 4 aromatic carbocycles. The normalized spacial score (nSPS) is 12.0. The summed E-state index contributed by atoms with van der Waals surface area (Å²) in [4.78, 5) is 20.1. The second-order valence-electron chi connectivity index (χ2n) is 11.3. The van der Waals surface area contributed by atoms with Crippen molar-refractivity contribution in [3.63, 3.8) is 0 Å². The van der Waals surface area contributed by atoms with E-state index in [4.69, 9.17) is 23.9 Å². The van der Waals surface area contributed by atoms with Crippen molar-refractivity contribution < 1.29 is 23.7 Å². The topological polar surface area (TPSA) is 75.1 Å². The van der Waals surface area contributed by atoms with E-state index in [1.54, 1.807) is 13.2 Å². The molecular formula is C38H39N3O5. The van der Waals surface area contributed by atoms with Crippen LogP contribution in [0, 0.1) is 0 Å². The maximum absolute atomic E-state index is 12.4. The lowest BCUT2D eigenvalue weighted by molar-refractivity contribution is 0.0597. The van der Waals surface area contributed by atoms with E-state index in [1.165, 1.54) is 7.11 Å². The first-order valence-electron chi connectivity index (χ1n) is 15.6. The van der Waals surface area contributed by atoms with Gasteiger partial charge < -0.3 is 23.5 Å². The van der Waals surface area contributed by atoms with E-state index in [0.29, 0.717) is 30.9 Å². The van der Waals surface area contributed by atoms with Crippen LogP contribution in [0.25, 0.3) is 22.6 Å². The zero-order chi connectivity index (χ0) is 31.9. The van der Waals surface area contributed by atoms with E-state index in [1.807, 2.05) is 30.3 Å². The molecule has 0 saturated heterocycles. The first-order valence-corrected chi connectivity index (χ1v) is 15.6. The summed E-state index contributed by atoms with van der Waals surface area (Å²) in [5.41, 5.74) is 6.81. The molecule has 8 nitrogen and oxygen atoms in total. The molecule has 1 aliphatic heterocycles. The van der Waals surface area contributed by atoms with Crippen molar-refractivity contribution in [1.82, 2.24) is 14.5 Å². The molecule has 5 aromatic rings. The molecular weight excluding hydrogens is 578 g/mol. The predicted molar refractivity (Wildman–Crippen MR) is 178 cm³/mol. The van der Waals surface area contributed by atoms with Crippen LogP contribution in [-0.4, -0.2) is 41.4 Å². The Balaban J connectivity index is 1.44. The number of hydrogen-bond acceptors (Lipinski definition) is 7. The van der Waals surface area contributed by atoms with Crippen LogP contribution in [0.1, 0.15) is 46.9 Å². The molecule has 0 atom stereocenters. The molecule has 0 fully saturated rings. The third-order valence-corrected chi connectivity index (χ3v) is 8.18. The number of methoxy groups -OCH3 is 2. The third-order valence-electron chi connectivity index (χ3n) is 8.18. The average Bonchev–Trinajstić information content (AvgIpc) is 3.72. The monoisotopic (exact) mass is 617 g/mol. The van der Waals surface area contributed by atoms with Gasteiger partial charge in [-0.3, -0.25) is 4.90 Å².